The standard InChI is InChI=1S/C11H17NO/c1-7-8(2)13-11(10(7)6-12)9-4-3-5-9/h9H,3-6,12H2,1-2H3. The normalized spacial score (nSPS) is 17.5. The summed E-state index contributed by atoms with van der Waals surface area (Å²) in [5.74, 6) is 2.87. The van der Waals surface area contributed by atoms with E-state index < -0.39 is 0 Å². The van der Waals surface area contributed by atoms with Gasteiger partial charge in [0.1, 0.15) is 11.5 Å². The summed E-state index contributed by atoms with van der Waals surface area (Å²) < 4.78 is 5.76. The molecule has 1 fully saturated rings. The van der Waals surface area contributed by atoms with E-state index in [-0.39, 0.29) is 0 Å². The predicted molar refractivity (Wildman–Crippen MR) is 52.7 cm³/mol. The summed E-state index contributed by atoms with van der Waals surface area (Å²) in [4.78, 5) is 0. The molecule has 72 valence electrons. The first kappa shape index (κ1) is 8.82. The lowest BCUT2D eigenvalue weighted by molar-refractivity contribution is 0.337. The van der Waals surface area contributed by atoms with Crippen molar-refractivity contribution in [3.63, 3.8) is 0 Å². The molecule has 2 rings (SSSR count). The molecule has 2 heteroatoms. The highest BCUT2D eigenvalue weighted by Crippen LogP contribution is 2.40. The first-order valence-corrected chi connectivity index (χ1v) is 5.03. The third-order valence-electron chi connectivity index (χ3n) is 3.22. The molecule has 1 aliphatic carbocycles. The molecule has 0 bridgehead atoms. The molecular formula is C11H17NO. The molecule has 0 amide bonds. The summed E-state index contributed by atoms with van der Waals surface area (Å²) in [5.41, 5.74) is 8.23. The number of hydrogen-bond acceptors (Lipinski definition) is 2. The van der Waals surface area contributed by atoms with E-state index in [2.05, 4.69) is 6.92 Å². The van der Waals surface area contributed by atoms with E-state index in [0.717, 1.165) is 5.76 Å². The van der Waals surface area contributed by atoms with Gasteiger partial charge in [0.2, 0.25) is 0 Å². The molecule has 2 nitrogen and oxygen atoms in total. The van der Waals surface area contributed by atoms with Crippen LogP contribution in [0.4, 0.5) is 0 Å². The highest BCUT2D eigenvalue weighted by molar-refractivity contribution is 5.34. The lowest BCUT2D eigenvalue weighted by Gasteiger charge is -2.24. The molecule has 1 aromatic heterocycles. The monoisotopic (exact) mass is 179 g/mol. The largest absolute Gasteiger partial charge is 0.465 e. The van der Waals surface area contributed by atoms with Crippen molar-refractivity contribution < 1.29 is 4.42 Å². The molecule has 1 aliphatic rings. The third-order valence-corrected chi connectivity index (χ3v) is 3.22. The molecule has 0 spiro atoms. The highest BCUT2D eigenvalue weighted by atomic mass is 16.3. The van der Waals surface area contributed by atoms with Gasteiger partial charge in [0.05, 0.1) is 0 Å². The Bertz CT molecular complexity index is 310. The first-order chi connectivity index (χ1) is 6.24. The van der Waals surface area contributed by atoms with Gasteiger partial charge in [-0.05, 0) is 32.3 Å². The second-order valence-electron chi connectivity index (χ2n) is 3.96. The van der Waals surface area contributed by atoms with E-state index in [4.69, 9.17) is 10.2 Å². The molecule has 0 saturated heterocycles. The predicted octanol–water partition coefficient (Wildman–Crippen LogP) is 2.62. The van der Waals surface area contributed by atoms with Gasteiger partial charge in [0.15, 0.2) is 0 Å². The Balaban J connectivity index is 2.37. The number of hydrogen-bond donors (Lipinski definition) is 1. The van der Waals surface area contributed by atoms with E-state index in [1.165, 1.54) is 36.1 Å². The van der Waals surface area contributed by atoms with Crippen molar-refractivity contribution in [3.05, 3.63) is 22.6 Å². The van der Waals surface area contributed by atoms with E-state index in [0.29, 0.717) is 12.5 Å². The van der Waals surface area contributed by atoms with Crippen molar-refractivity contribution in [2.45, 2.75) is 45.6 Å². The Labute approximate surface area is 79.1 Å². The van der Waals surface area contributed by atoms with Gasteiger partial charge in [-0.25, -0.2) is 0 Å². The smallest absolute Gasteiger partial charge is 0.111 e. The van der Waals surface area contributed by atoms with Crippen LogP contribution in [0.2, 0.25) is 0 Å². The van der Waals surface area contributed by atoms with Gasteiger partial charge in [-0.2, -0.15) is 0 Å². The van der Waals surface area contributed by atoms with Crippen LogP contribution in [-0.2, 0) is 6.54 Å². The summed E-state index contributed by atoms with van der Waals surface area (Å²) in [5, 5.41) is 0. The lowest BCUT2D eigenvalue weighted by Crippen LogP contribution is -2.11. The highest BCUT2D eigenvalue weighted by Gasteiger charge is 2.26. The Morgan fingerprint density at radius 2 is 2.08 bits per heavy atom. The molecule has 0 aliphatic heterocycles. The Kier molecular flexibility index (Phi) is 2.16. The maximum Gasteiger partial charge on any atom is 0.111 e. The van der Waals surface area contributed by atoms with Crippen LogP contribution in [0.25, 0.3) is 0 Å². The van der Waals surface area contributed by atoms with Gasteiger partial charge in [0, 0.05) is 18.0 Å². The summed E-state index contributed by atoms with van der Waals surface area (Å²) in [6.07, 6.45) is 3.90. The van der Waals surface area contributed by atoms with Crippen molar-refractivity contribution in [2.75, 3.05) is 0 Å². The Hall–Kier alpha value is -0.760. The number of aryl methyl sites for hydroxylation is 1. The number of nitrogens with two attached hydrogens (primary N) is 1. The van der Waals surface area contributed by atoms with Gasteiger partial charge in [-0.3, -0.25) is 0 Å². The average molecular weight is 179 g/mol. The zero-order valence-electron chi connectivity index (χ0n) is 8.39. The van der Waals surface area contributed by atoms with Gasteiger partial charge in [0.25, 0.3) is 0 Å². The van der Waals surface area contributed by atoms with Gasteiger partial charge < -0.3 is 10.2 Å². The molecule has 0 radical (unpaired) electrons. The Morgan fingerprint density at radius 1 is 1.38 bits per heavy atom. The Morgan fingerprint density at radius 3 is 2.54 bits per heavy atom. The fourth-order valence-electron chi connectivity index (χ4n) is 1.95. The lowest BCUT2D eigenvalue weighted by atomic mass is 9.82. The number of rotatable bonds is 2. The van der Waals surface area contributed by atoms with Crippen LogP contribution < -0.4 is 5.73 Å². The molecule has 13 heavy (non-hydrogen) atoms. The number of furan rings is 1. The molecule has 0 atom stereocenters. The van der Waals surface area contributed by atoms with Crippen LogP contribution in [0.5, 0.6) is 0 Å². The summed E-state index contributed by atoms with van der Waals surface area (Å²) in [6.45, 7) is 4.74. The van der Waals surface area contributed by atoms with Crippen molar-refractivity contribution >= 4 is 0 Å². The zero-order chi connectivity index (χ0) is 9.42. The fraction of sp³-hybridized carbons (Fsp3) is 0.636. The molecule has 1 heterocycles. The van der Waals surface area contributed by atoms with Gasteiger partial charge >= 0.3 is 0 Å². The van der Waals surface area contributed by atoms with Crippen LogP contribution in [-0.4, -0.2) is 0 Å². The van der Waals surface area contributed by atoms with E-state index in [9.17, 15) is 0 Å². The minimum atomic E-state index is 0.620. The summed E-state index contributed by atoms with van der Waals surface area (Å²) in [6, 6.07) is 0. The fourth-order valence-corrected chi connectivity index (χ4v) is 1.95. The minimum absolute atomic E-state index is 0.620. The molecule has 2 N–H and O–H groups in total. The topological polar surface area (TPSA) is 39.2 Å². The average Bonchev–Trinajstić information content (AvgIpc) is 2.25. The zero-order valence-corrected chi connectivity index (χ0v) is 8.39. The molecule has 0 aromatic carbocycles. The maximum absolute atomic E-state index is 5.76. The van der Waals surface area contributed by atoms with Crippen LogP contribution in [0.15, 0.2) is 4.42 Å². The quantitative estimate of drug-likeness (QED) is 0.758. The van der Waals surface area contributed by atoms with E-state index >= 15 is 0 Å². The van der Waals surface area contributed by atoms with Crippen molar-refractivity contribution in [3.8, 4) is 0 Å². The van der Waals surface area contributed by atoms with Crippen LogP contribution in [0.1, 0.15) is 47.8 Å². The first-order valence-electron chi connectivity index (χ1n) is 5.03. The van der Waals surface area contributed by atoms with E-state index in [1.54, 1.807) is 0 Å². The summed E-state index contributed by atoms with van der Waals surface area (Å²) >= 11 is 0. The van der Waals surface area contributed by atoms with Crippen LogP contribution in [0, 0.1) is 13.8 Å². The molecule has 0 unspecified atom stereocenters. The van der Waals surface area contributed by atoms with E-state index in [1.807, 2.05) is 6.92 Å². The van der Waals surface area contributed by atoms with Crippen molar-refractivity contribution in [1.29, 1.82) is 0 Å². The second kappa shape index (κ2) is 3.18. The van der Waals surface area contributed by atoms with Crippen molar-refractivity contribution in [1.82, 2.24) is 0 Å². The minimum Gasteiger partial charge on any atom is -0.465 e. The summed E-state index contributed by atoms with van der Waals surface area (Å²) in [7, 11) is 0. The second-order valence-corrected chi connectivity index (χ2v) is 3.96. The molecule has 1 aromatic rings. The molecule has 1 saturated carbocycles. The van der Waals surface area contributed by atoms with Gasteiger partial charge in [-0.1, -0.05) is 6.42 Å². The van der Waals surface area contributed by atoms with Crippen LogP contribution >= 0.6 is 0 Å². The van der Waals surface area contributed by atoms with Gasteiger partial charge in [-0.15, -0.1) is 0 Å². The molecular weight excluding hydrogens is 162 g/mol. The SMILES string of the molecule is Cc1oc(C2CCC2)c(CN)c1C. The van der Waals surface area contributed by atoms with Crippen molar-refractivity contribution in [2.24, 2.45) is 5.73 Å². The third kappa shape index (κ3) is 1.29. The van der Waals surface area contributed by atoms with Crippen LogP contribution in [0.3, 0.4) is 0 Å². The maximum atomic E-state index is 5.76.